The molecule has 0 bridgehead atoms. The molecule has 2 aromatic rings. The zero-order valence-corrected chi connectivity index (χ0v) is 12.8. The fourth-order valence-corrected chi connectivity index (χ4v) is 2.50. The van der Waals surface area contributed by atoms with Crippen molar-refractivity contribution in [1.82, 2.24) is 9.97 Å². The standard InChI is InChI=1S/C18H24N2O/c1-3-5-6-7-8-13-17(21)18-14(4-2)19-15-11-9-10-12-16(15)20-18/h4,9-12,17,21H,2-3,5-8,13H2,1H3/t17-/m1/s1. The van der Waals surface area contributed by atoms with E-state index in [0.717, 1.165) is 30.3 Å². The molecule has 3 nitrogen and oxygen atoms in total. The molecule has 0 radical (unpaired) electrons. The molecule has 112 valence electrons. The molecule has 1 heterocycles. The van der Waals surface area contributed by atoms with Crippen LogP contribution in [-0.2, 0) is 0 Å². The average Bonchev–Trinajstić information content (AvgIpc) is 2.53. The smallest absolute Gasteiger partial charge is 0.0982 e. The van der Waals surface area contributed by atoms with Gasteiger partial charge >= 0.3 is 0 Å². The normalized spacial score (nSPS) is 12.5. The molecule has 0 saturated heterocycles. The first kappa shape index (κ1) is 15.6. The Bertz CT molecular complexity index is 595. The second kappa shape index (κ2) is 7.89. The van der Waals surface area contributed by atoms with Crippen molar-refractivity contribution in [2.45, 2.75) is 51.6 Å². The summed E-state index contributed by atoms with van der Waals surface area (Å²) in [5.74, 6) is 0. The Balaban J connectivity index is 2.10. The molecule has 21 heavy (non-hydrogen) atoms. The van der Waals surface area contributed by atoms with Gasteiger partial charge in [0.1, 0.15) is 0 Å². The molecule has 0 amide bonds. The van der Waals surface area contributed by atoms with Crippen LogP contribution in [0.25, 0.3) is 17.1 Å². The van der Waals surface area contributed by atoms with Crippen molar-refractivity contribution in [3.05, 3.63) is 42.2 Å². The van der Waals surface area contributed by atoms with Crippen molar-refractivity contribution in [3.8, 4) is 0 Å². The topological polar surface area (TPSA) is 46.0 Å². The molecule has 1 N–H and O–H groups in total. The van der Waals surface area contributed by atoms with Crippen LogP contribution in [0.15, 0.2) is 30.8 Å². The van der Waals surface area contributed by atoms with E-state index in [1.54, 1.807) is 6.08 Å². The first-order valence-electron chi connectivity index (χ1n) is 7.83. The monoisotopic (exact) mass is 284 g/mol. The number of unbranched alkanes of at least 4 members (excludes halogenated alkanes) is 4. The third-order valence-electron chi connectivity index (χ3n) is 3.72. The summed E-state index contributed by atoms with van der Waals surface area (Å²) in [5.41, 5.74) is 3.00. The van der Waals surface area contributed by atoms with Gasteiger partial charge in [0.05, 0.1) is 28.5 Å². The number of hydrogen-bond donors (Lipinski definition) is 1. The molecule has 1 aromatic heterocycles. The quantitative estimate of drug-likeness (QED) is 0.717. The summed E-state index contributed by atoms with van der Waals surface area (Å²) in [6, 6.07) is 7.72. The minimum atomic E-state index is -0.559. The molecule has 0 aliphatic carbocycles. The zero-order valence-electron chi connectivity index (χ0n) is 12.8. The minimum absolute atomic E-state index is 0.559. The maximum Gasteiger partial charge on any atom is 0.0982 e. The third-order valence-corrected chi connectivity index (χ3v) is 3.72. The molecular formula is C18H24N2O. The minimum Gasteiger partial charge on any atom is -0.387 e. The number of fused-ring (bicyclic) bond motifs is 1. The predicted octanol–water partition coefficient (Wildman–Crippen LogP) is 4.67. The molecule has 0 fully saturated rings. The summed E-state index contributed by atoms with van der Waals surface area (Å²) in [5, 5.41) is 10.4. The predicted molar refractivity (Wildman–Crippen MR) is 88.0 cm³/mol. The lowest BCUT2D eigenvalue weighted by Gasteiger charge is -2.13. The fraction of sp³-hybridized carbons (Fsp3) is 0.444. The van der Waals surface area contributed by atoms with Crippen LogP contribution in [0.3, 0.4) is 0 Å². The van der Waals surface area contributed by atoms with Crippen LogP contribution in [-0.4, -0.2) is 15.1 Å². The van der Waals surface area contributed by atoms with Gasteiger partial charge in [0, 0.05) is 0 Å². The van der Waals surface area contributed by atoms with Gasteiger partial charge in [-0.3, -0.25) is 0 Å². The maximum absolute atomic E-state index is 10.4. The number of aliphatic hydroxyl groups excluding tert-OH is 1. The van der Waals surface area contributed by atoms with Crippen LogP contribution in [0.2, 0.25) is 0 Å². The highest BCUT2D eigenvalue weighted by molar-refractivity contribution is 5.75. The molecule has 1 atom stereocenters. The highest BCUT2D eigenvalue weighted by atomic mass is 16.3. The number of benzene rings is 1. The molecule has 3 heteroatoms. The van der Waals surface area contributed by atoms with E-state index in [4.69, 9.17) is 0 Å². The van der Waals surface area contributed by atoms with Crippen molar-refractivity contribution in [1.29, 1.82) is 0 Å². The largest absolute Gasteiger partial charge is 0.387 e. The second-order valence-corrected chi connectivity index (χ2v) is 5.41. The maximum atomic E-state index is 10.4. The molecule has 0 aliphatic rings. The Morgan fingerprint density at radius 1 is 1.10 bits per heavy atom. The van der Waals surface area contributed by atoms with Crippen LogP contribution < -0.4 is 0 Å². The summed E-state index contributed by atoms with van der Waals surface area (Å²) in [6.45, 7) is 5.99. The summed E-state index contributed by atoms with van der Waals surface area (Å²) in [6.07, 6.45) is 7.77. The lowest BCUT2D eigenvalue weighted by molar-refractivity contribution is 0.158. The molecule has 1 aromatic carbocycles. The number of aliphatic hydroxyl groups is 1. The van der Waals surface area contributed by atoms with E-state index in [-0.39, 0.29) is 0 Å². The third kappa shape index (κ3) is 4.11. The molecular weight excluding hydrogens is 260 g/mol. The van der Waals surface area contributed by atoms with Crippen molar-refractivity contribution in [3.63, 3.8) is 0 Å². The summed E-state index contributed by atoms with van der Waals surface area (Å²) in [4.78, 5) is 9.11. The van der Waals surface area contributed by atoms with E-state index in [1.807, 2.05) is 24.3 Å². The van der Waals surface area contributed by atoms with Gasteiger partial charge in [0.2, 0.25) is 0 Å². The molecule has 0 spiro atoms. The Morgan fingerprint density at radius 2 is 1.76 bits per heavy atom. The van der Waals surface area contributed by atoms with Crippen LogP contribution >= 0.6 is 0 Å². The lowest BCUT2D eigenvalue weighted by Crippen LogP contribution is -2.05. The van der Waals surface area contributed by atoms with Gasteiger partial charge in [-0.25, -0.2) is 9.97 Å². The Hall–Kier alpha value is -1.74. The summed E-state index contributed by atoms with van der Waals surface area (Å²) in [7, 11) is 0. The number of nitrogens with zero attached hydrogens (tertiary/aromatic N) is 2. The molecule has 0 saturated carbocycles. The molecule has 0 aliphatic heterocycles. The second-order valence-electron chi connectivity index (χ2n) is 5.41. The van der Waals surface area contributed by atoms with Gasteiger partial charge in [-0.2, -0.15) is 0 Å². The number of hydrogen-bond acceptors (Lipinski definition) is 3. The summed E-state index contributed by atoms with van der Waals surface area (Å²) >= 11 is 0. The van der Waals surface area contributed by atoms with Crippen molar-refractivity contribution < 1.29 is 5.11 Å². The zero-order chi connectivity index (χ0) is 15.1. The molecule has 0 unspecified atom stereocenters. The highest BCUT2D eigenvalue weighted by Crippen LogP contribution is 2.24. The Morgan fingerprint density at radius 3 is 2.43 bits per heavy atom. The van der Waals surface area contributed by atoms with Gasteiger partial charge in [0.25, 0.3) is 0 Å². The van der Waals surface area contributed by atoms with E-state index < -0.39 is 6.10 Å². The SMILES string of the molecule is C=Cc1nc2ccccc2nc1[C@H](O)CCCCCCC. The van der Waals surface area contributed by atoms with Crippen molar-refractivity contribution in [2.24, 2.45) is 0 Å². The number of rotatable bonds is 8. The van der Waals surface area contributed by atoms with Crippen LogP contribution in [0, 0.1) is 0 Å². The molecule has 2 rings (SSSR count). The van der Waals surface area contributed by atoms with Gasteiger partial charge in [-0.05, 0) is 24.6 Å². The summed E-state index contributed by atoms with van der Waals surface area (Å²) < 4.78 is 0. The average molecular weight is 284 g/mol. The lowest BCUT2D eigenvalue weighted by atomic mass is 10.0. The van der Waals surface area contributed by atoms with Crippen molar-refractivity contribution >= 4 is 17.1 Å². The van der Waals surface area contributed by atoms with Crippen LogP contribution in [0.5, 0.6) is 0 Å². The highest BCUT2D eigenvalue weighted by Gasteiger charge is 2.15. The van der Waals surface area contributed by atoms with Gasteiger partial charge in [-0.1, -0.05) is 57.7 Å². The Labute approximate surface area is 126 Å². The first-order valence-corrected chi connectivity index (χ1v) is 7.83. The van der Waals surface area contributed by atoms with Crippen molar-refractivity contribution in [2.75, 3.05) is 0 Å². The number of para-hydroxylation sites is 2. The van der Waals surface area contributed by atoms with Gasteiger partial charge < -0.3 is 5.11 Å². The van der Waals surface area contributed by atoms with Gasteiger partial charge in [0.15, 0.2) is 0 Å². The van der Waals surface area contributed by atoms with E-state index in [0.29, 0.717) is 11.4 Å². The van der Waals surface area contributed by atoms with E-state index in [2.05, 4.69) is 23.5 Å². The van der Waals surface area contributed by atoms with Crippen LogP contribution in [0.1, 0.15) is 62.9 Å². The first-order chi connectivity index (χ1) is 10.3. The van der Waals surface area contributed by atoms with E-state index in [9.17, 15) is 5.11 Å². The van der Waals surface area contributed by atoms with Crippen LogP contribution in [0.4, 0.5) is 0 Å². The van der Waals surface area contributed by atoms with E-state index >= 15 is 0 Å². The van der Waals surface area contributed by atoms with Gasteiger partial charge in [-0.15, -0.1) is 0 Å². The van der Waals surface area contributed by atoms with E-state index in [1.165, 1.54) is 19.3 Å². The number of aromatic nitrogens is 2. The fourth-order valence-electron chi connectivity index (χ4n) is 2.50. The Kier molecular flexibility index (Phi) is 5.88.